The first kappa shape index (κ1) is 31.6. The first-order valence-corrected chi connectivity index (χ1v) is 20.8. The number of hydrogen-bond donors (Lipinski definition) is 0. The standard InChI is InChI=1S/C52H35N3OS/c1-28-10-15-37-32(24-28)12-18-40-42-27-44(55-43-21-20-38-36-8-4-3-6-30(36)11-17-39(38)48(43)54-52(55)51(42)57-50(37)40)34-14-16-35(29(2)25-34)33-13-19-41-46(26-33)56-45-9-5-7-31-22-23-53-49(41)47(31)45/h3-23,25-29,35H,24H2,1-2H3. The summed E-state index contributed by atoms with van der Waals surface area (Å²) in [6, 6.07) is 39.9. The van der Waals surface area contributed by atoms with Gasteiger partial charge in [0.25, 0.3) is 0 Å². The molecule has 0 bridgehead atoms. The van der Waals surface area contributed by atoms with Crippen LogP contribution in [0.1, 0.15) is 42.1 Å². The molecule has 4 aromatic heterocycles. The van der Waals surface area contributed by atoms with Crippen LogP contribution in [0.3, 0.4) is 0 Å². The van der Waals surface area contributed by atoms with E-state index < -0.39 is 0 Å². The maximum atomic E-state index is 6.56. The third-order valence-corrected chi connectivity index (χ3v) is 14.1. The molecular formula is C52H35N3OS. The van der Waals surface area contributed by atoms with Gasteiger partial charge in [0.1, 0.15) is 11.5 Å². The second-order valence-corrected chi connectivity index (χ2v) is 17.3. The molecule has 10 aromatic rings. The van der Waals surface area contributed by atoms with Gasteiger partial charge in [-0.2, -0.15) is 0 Å². The lowest BCUT2D eigenvalue weighted by Gasteiger charge is -2.26. The van der Waals surface area contributed by atoms with Gasteiger partial charge in [-0.25, -0.2) is 4.98 Å². The highest BCUT2D eigenvalue weighted by Crippen LogP contribution is 2.48. The Bertz CT molecular complexity index is 3520. The smallest absolute Gasteiger partial charge is 0.156 e. The molecule has 0 amide bonds. The Kier molecular flexibility index (Phi) is 6.38. The summed E-state index contributed by atoms with van der Waals surface area (Å²) in [6.07, 6.45) is 14.9. The Morgan fingerprint density at radius 1 is 0.719 bits per heavy atom. The van der Waals surface area contributed by atoms with E-state index in [0.717, 1.165) is 56.6 Å². The number of pyridine rings is 2. The Hall–Kier alpha value is -6.56. The van der Waals surface area contributed by atoms with Crippen LogP contribution in [0, 0.1) is 11.8 Å². The molecule has 0 spiro atoms. The lowest BCUT2D eigenvalue weighted by Crippen LogP contribution is -2.11. The van der Waals surface area contributed by atoms with E-state index in [9.17, 15) is 0 Å². The lowest BCUT2D eigenvalue weighted by molar-refractivity contribution is 0.484. The number of thiophene rings is 1. The van der Waals surface area contributed by atoms with Crippen molar-refractivity contribution in [3.05, 3.63) is 162 Å². The lowest BCUT2D eigenvalue weighted by atomic mass is 9.81. The van der Waals surface area contributed by atoms with Gasteiger partial charge in [-0.3, -0.25) is 9.38 Å². The van der Waals surface area contributed by atoms with Gasteiger partial charge in [-0.1, -0.05) is 117 Å². The van der Waals surface area contributed by atoms with Crippen LogP contribution in [0.25, 0.3) is 92.1 Å². The summed E-state index contributed by atoms with van der Waals surface area (Å²) in [4.78, 5) is 10.4. The van der Waals surface area contributed by atoms with Crippen LogP contribution in [0.4, 0.5) is 0 Å². The number of allylic oxidation sites excluding steroid dienone is 5. The molecule has 4 nitrogen and oxygen atoms in total. The normalized spacial score (nSPS) is 18.6. The Morgan fingerprint density at radius 2 is 1.61 bits per heavy atom. The van der Waals surface area contributed by atoms with Crippen LogP contribution in [-0.2, 0) is 6.42 Å². The van der Waals surface area contributed by atoms with Crippen LogP contribution in [0.2, 0.25) is 0 Å². The molecule has 0 fully saturated rings. The van der Waals surface area contributed by atoms with E-state index in [-0.39, 0.29) is 11.8 Å². The van der Waals surface area contributed by atoms with E-state index >= 15 is 0 Å². The molecule has 0 saturated heterocycles. The minimum Gasteiger partial charge on any atom is -0.456 e. The highest BCUT2D eigenvalue weighted by molar-refractivity contribution is 7.26. The first-order chi connectivity index (χ1) is 28.1. The third kappa shape index (κ3) is 4.43. The summed E-state index contributed by atoms with van der Waals surface area (Å²) in [5.74, 6) is 2.73. The molecule has 2 aliphatic carbocycles. The van der Waals surface area contributed by atoms with Gasteiger partial charge >= 0.3 is 0 Å². The summed E-state index contributed by atoms with van der Waals surface area (Å²) in [5.41, 5.74) is 11.7. The molecule has 13 rings (SSSR count). The summed E-state index contributed by atoms with van der Waals surface area (Å²) in [5, 5.41) is 9.76. The zero-order valence-electron chi connectivity index (χ0n) is 31.5. The van der Waals surface area contributed by atoms with Crippen LogP contribution in [-0.4, -0.2) is 14.4 Å². The molecule has 0 radical (unpaired) electrons. The quantitative estimate of drug-likeness (QED) is 0.165. The van der Waals surface area contributed by atoms with Gasteiger partial charge in [-0.05, 0) is 98.5 Å². The van der Waals surface area contributed by atoms with Gasteiger partial charge in [0.05, 0.1) is 32.5 Å². The fraction of sp³-hybridized carbons (Fsp3) is 0.115. The number of ether oxygens (including phenoxy) is 1. The SMILES string of the molecule is CC1C=Cc2c(ccc3c2sc2c3cc(C3=CC(C)C(c4ccc5c(c4)Oc4cccc6ccnc-5c46)C=C3)n3c4ccc5c6ccccc6ccc5c4nc23)C1. The Balaban J connectivity index is 0.993. The zero-order valence-corrected chi connectivity index (χ0v) is 32.3. The monoisotopic (exact) mass is 749 g/mol. The molecule has 57 heavy (non-hydrogen) atoms. The average Bonchev–Trinajstić information content (AvgIpc) is 3.82. The molecule has 270 valence electrons. The van der Waals surface area contributed by atoms with Crippen LogP contribution >= 0.6 is 11.3 Å². The van der Waals surface area contributed by atoms with Crippen molar-refractivity contribution >= 4 is 92.2 Å². The first-order valence-electron chi connectivity index (χ1n) is 20.0. The van der Waals surface area contributed by atoms with Gasteiger partial charge in [0.2, 0.25) is 0 Å². The molecule has 3 aliphatic rings. The molecule has 6 aromatic carbocycles. The van der Waals surface area contributed by atoms with Crippen molar-refractivity contribution in [1.82, 2.24) is 14.4 Å². The van der Waals surface area contributed by atoms with Crippen molar-refractivity contribution < 1.29 is 4.74 Å². The van der Waals surface area contributed by atoms with Crippen molar-refractivity contribution in [2.45, 2.75) is 26.2 Å². The van der Waals surface area contributed by atoms with Crippen molar-refractivity contribution in [3.8, 4) is 22.8 Å². The molecule has 3 unspecified atom stereocenters. The van der Waals surface area contributed by atoms with Crippen molar-refractivity contribution in [1.29, 1.82) is 0 Å². The van der Waals surface area contributed by atoms with E-state index in [1.54, 1.807) is 0 Å². The third-order valence-electron chi connectivity index (χ3n) is 12.8. The van der Waals surface area contributed by atoms with Crippen LogP contribution in [0.5, 0.6) is 11.5 Å². The van der Waals surface area contributed by atoms with E-state index in [2.05, 4.69) is 152 Å². The average molecular weight is 750 g/mol. The highest BCUT2D eigenvalue weighted by Gasteiger charge is 2.27. The van der Waals surface area contributed by atoms with E-state index in [4.69, 9.17) is 14.7 Å². The fourth-order valence-electron chi connectivity index (χ4n) is 10.1. The second-order valence-electron chi connectivity index (χ2n) is 16.3. The van der Waals surface area contributed by atoms with Gasteiger partial charge in [-0.15, -0.1) is 11.3 Å². The predicted octanol–water partition coefficient (Wildman–Crippen LogP) is 14.1. The summed E-state index contributed by atoms with van der Waals surface area (Å²) in [7, 11) is 0. The van der Waals surface area contributed by atoms with Crippen molar-refractivity contribution in [3.63, 3.8) is 0 Å². The van der Waals surface area contributed by atoms with Crippen LogP contribution < -0.4 is 4.74 Å². The highest BCUT2D eigenvalue weighted by atomic mass is 32.1. The molecule has 5 heteroatoms. The molecule has 3 atom stereocenters. The Labute approximate surface area is 332 Å². The number of hydrogen-bond acceptors (Lipinski definition) is 4. The number of rotatable bonds is 2. The Morgan fingerprint density at radius 3 is 2.56 bits per heavy atom. The minimum absolute atomic E-state index is 0.197. The largest absolute Gasteiger partial charge is 0.456 e. The summed E-state index contributed by atoms with van der Waals surface area (Å²) in [6.45, 7) is 4.65. The predicted molar refractivity (Wildman–Crippen MR) is 239 cm³/mol. The minimum atomic E-state index is 0.197. The molecule has 0 saturated carbocycles. The van der Waals surface area contributed by atoms with Gasteiger partial charge in [0.15, 0.2) is 5.65 Å². The summed E-state index contributed by atoms with van der Waals surface area (Å²) < 4.78 is 11.6. The van der Waals surface area contributed by atoms with Gasteiger partial charge in [0, 0.05) is 38.5 Å². The van der Waals surface area contributed by atoms with E-state index in [1.807, 2.05) is 23.6 Å². The summed E-state index contributed by atoms with van der Waals surface area (Å²) >= 11 is 1.90. The molecule has 0 N–H and O–H groups in total. The van der Waals surface area contributed by atoms with Crippen molar-refractivity contribution in [2.75, 3.05) is 0 Å². The molecular weight excluding hydrogens is 715 g/mol. The molecule has 1 aliphatic heterocycles. The number of benzene rings is 6. The number of imidazole rings is 1. The van der Waals surface area contributed by atoms with Crippen LogP contribution in [0.15, 0.2) is 140 Å². The number of nitrogens with zero attached hydrogens (tertiary/aromatic N) is 3. The second kappa shape index (κ2) is 11.5. The van der Waals surface area contributed by atoms with E-state index in [0.29, 0.717) is 5.92 Å². The topological polar surface area (TPSA) is 39.4 Å². The van der Waals surface area contributed by atoms with Crippen molar-refractivity contribution in [2.24, 2.45) is 11.8 Å². The number of fused-ring (bicyclic) bond motifs is 15. The number of aromatic nitrogens is 3. The maximum Gasteiger partial charge on any atom is 0.156 e. The molecule has 5 heterocycles. The fourth-order valence-corrected chi connectivity index (χ4v) is 11.4. The zero-order chi connectivity index (χ0) is 37.5. The van der Waals surface area contributed by atoms with Gasteiger partial charge < -0.3 is 4.74 Å². The maximum absolute atomic E-state index is 6.56. The van der Waals surface area contributed by atoms with E-state index in [1.165, 1.54) is 69.7 Å².